The van der Waals surface area contributed by atoms with E-state index in [0.29, 0.717) is 11.3 Å². The molecule has 2 rings (SSSR count). The quantitative estimate of drug-likeness (QED) is 0.882. The highest BCUT2D eigenvalue weighted by atomic mass is 19.1. The molecule has 4 nitrogen and oxygen atoms in total. The number of nitrogens with one attached hydrogen (secondary N) is 2. The molecule has 0 fully saturated rings. The Morgan fingerprint density at radius 2 is 1.79 bits per heavy atom. The summed E-state index contributed by atoms with van der Waals surface area (Å²) in [6, 6.07) is 10.7. The molecule has 2 aromatic rings. The molecule has 0 aromatic heterocycles. The molecule has 0 heterocycles. The molecule has 0 aliphatic heterocycles. The van der Waals surface area contributed by atoms with Crippen LogP contribution in [0.4, 0.5) is 14.5 Å². The number of benzene rings is 2. The molecule has 0 aliphatic rings. The molecule has 124 valence electrons. The van der Waals surface area contributed by atoms with E-state index in [1.54, 1.807) is 38.1 Å². The van der Waals surface area contributed by atoms with Crippen molar-refractivity contribution in [1.29, 1.82) is 5.26 Å². The molecule has 2 atom stereocenters. The lowest BCUT2D eigenvalue weighted by Gasteiger charge is -2.20. The highest BCUT2D eigenvalue weighted by molar-refractivity contribution is 5.94. The monoisotopic (exact) mass is 329 g/mol. The van der Waals surface area contributed by atoms with Gasteiger partial charge in [0.25, 0.3) is 0 Å². The first-order valence-electron chi connectivity index (χ1n) is 7.42. The van der Waals surface area contributed by atoms with Crippen LogP contribution in [0.5, 0.6) is 0 Å². The standard InChI is InChI=1S/C18H17F2N3O/c1-11(16-8-5-14(19)9-17(16)20)22-12(2)18(24)23-15-6-3-13(10-21)4-7-15/h3-9,11-12,22H,1-2H3,(H,23,24)/t11-,12+/m1/s1. The van der Waals surface area contributed by atoms with Crippen LogP contribution in [0, 0.1) is 23.0 Å². The van der Waals surface area contributed by atoms with E-state index < -0.39 is 23.7 Å². The van der Waals surface area contributed by atoms with Gasteiger partial charge < -0.3 is 5.32 Å². The summed E-state index contributed by atoms with van der Waals surface area (Å²) in [4.78, 5) is 12.2. The number of nitriles is 1. The lowest BCUT2D eigenvalue weighted by atomic mass is 10.1. The fraction of sp³-hybridized carbons (Fsp3) is 0.222. The summed E-state index contributed by atoms with van der Waals surface area (Å²) in [5.74, 6) is -1.60. The number of rotatable bonds is 5. The van der Waals surface area contributed by atoms with Crippen LogP contribution in [0.2, 0.25) is 0 Å². The molecule has 0 radical (unpaired) electrons. The third-order valence-electron chi connectivity index (χ3n) is 3.60. The van der Waals surface area contributed by atoms with E-state index in [4.69, 9.17) is 5.26 Å². The number of carbonyl (C=O) groups excluding carboxylic acids is 1. The zero-order valence-electron chi connectivity index (χ0n) is 13.3. The largest absolute Gasteiger partial charge is 0.325 e. The van der Waals surface area contributed by atoms with Crippen LogP contribution >= 0.6 is 0 Å². The van der Waals surface area contributed by atoms with Gasteiger partial charge in [0.05, 0.1) is 17.7 Å². The van der Waals surface area contributed by atoms with E-state index in [0.717, 1.165) is 6.07 Å². The summed E-state index contributed by atoms with van der Waals surface area (Å²) < 4.78 is 26.7. The minimum Gasteiger partial charge on any atom is -0.325 e. The number of halogens is 2. The van der Waals surface area contributed by atoms with E-state index >= 15 is 0 Å². The van der Waals surface area contributed by atoms with Crippen molar-refractivity contribution in [3.8, 4) is 6.07 Å². The smallest absolute Gasteiger partial charge is 0.241 e. The van der Waals surface area contributed by atoms with Gasteiger partial charge in [-0.15, -0.1) is 0 Å². The number of hydrogen-bond acceptors (Lipinski definition) is 3. The molecule has 0 unspecified atom stereocenters. The van der Waals surface area contributed by atoms with Crippen LogP contribution in [0.3, 0.4) is 0 Å². The van der Waals surface area contributed by atoms with Gasteiger partial charge in [-0.2, -0.15) is 5.26 Å². The Morgan fingerprint density at radius 1 is 1.12 bits per heavy atom. The van der Waals surface area contributed by atoms with Gasteiger partial charge in [0.15, 0.2) is 0 Å². The van der Waals surface area contributed by atoms with E-state index in [1.807, 2.05) is 6.07 Å². The van der Waals surface area contributed by atoms with Gasteiger partial charge in [-0.3, -0.25) is 10.1 Å². The van der Waals surface area contributed by atoms with Crippen molar-refractivity contribution < 1.29 is 13.6 Å². The van der Waals surface area contributed by atoms with Crippen LogP contribution in [-0.4, -0.2) is 11.9 Å². The SMILES string of the molecule is C[C@H](N[C@H](C)c1ccc(F)cc1F)C(=O)Nc1ccc(C#N)cc1. The minimum absolute atomic E-state index is 0.287. The lowest BCUT2D eigenvalue weighted by Crippen LogP contribution is -2.39. The third-order valence-corrected chi connectivity index (χ3v) is 3.60. The van der Waals surface area contributed by atoms with Crippen molar-refractivity contribution in [2.24, 2.45) is 0 Å². The van der Waals surface area contributed by atoms with E-state index in [1.165, 1.54) is 12.1 Å². The first kappa shape index (κ1) is 17.6. The molecular weight excluding hydrogens is 312 g/mol. The van der Waals surface area contributed by atoms with Gasteiger partial charge in [0, 0.05) is 23.4 Å². The first-order valence-corrected chi connectivity index (χ1v) is 7.42. The lowest BCUT2D eigenvalue weighted by molar-refractivity contribution is -0.117. The van der Waals surface area contributed by atoms with Crippen molar-refractivity contribution in [2.45, 2.75) is 25.9 Å². The number of nitrogens with zero attached hydrogens (tertiary/aromatic N) is 1. The van der Waals surface area contributed by atoms with Crippen LogP contribution in [-0.2, 0) is 4.79 Å². The number of anilines is 1. The second kappa shape index (κ2) is 7.66. The van der Waals surface area contributed by atoms with Gasteiger partial charge >= 0.3 is 0 Å². The molecular formula is C18H17F2N3O. The van der Waals surface area contributed by atoms with E-state index in [-0.39, 0.29) is 11.5 Å². The molecule has 0 spiro atoms. The van der Waals surface area contributed by atoms with Crippen molar-refractivity contribution >= 4 is 11.6 Å². The average molecular weight is 329 g/mol. The summed E-state index contributed by atoms with van der Waals surface area (Å²) >= 11 is 0. The number of carbonyl (C=O) groups is 1. The molecule has 24 heavy (non-hydrogen) atoms. The zero-order chi connectivity index (χ0) is 17.7. The normalized spacial score (nSPS) is 13.0. The van der Waals surface area contributed by atoms with Crippen LogP contribution < -0.4 is 10.6 Å². The second-order valence-corrected chi connectivity index (χ2v) is 5.45. The van der Waals surface area contributed by atoms with Gasteiger partial charge in [-0.05, 0) is 44.2 Å². The molecule has 1 amide bonds. The van der Waals surface area contributed by atoms with Crippen molar-refractivity contribution in [1.82, 2.24) is 5.32 Å². The van der Waals surface area contributed by atoms with E-state index in [2.05, 4.69) is 10.6 Å². The minimum atomic E-state index is -0.658. The van der Waals surface area contributed by atoms with Gasteiger partial charge in [-0.1, -0.05) is 6.07 Å². The second-order valence-electron chi connectivity index (χ2n) is 5.45. The third kappa shape index (κ3) is 4.37. The molecule has 2 aromatic carbocycles. The van der Waals surface area contributed by atoms with Crippen LogP contribution in [0.1, 0.15) is 31.0 Å². The van der Waals surface area contributed by atoms with E-state index in [9.17, 15) is 13.6 Å². The number of amides is 1. The Hall–Kier alpha value is -2.78. The summed E-state index contributed by atoms with van der Waals surface area (Å²) in [6.07, 6.45) is 0. The number of hydrogen-bond donors (Lipinski definition) is 2. The van der Waals surface area contributed by atoms with Crippen molar-refractivity contribution in [3.63, 3.8) is 0 Å². The predicted molar refractivity (Wildman–Crippen MR) is 87.2 cm³/mol. The average Bonchev–Trinajstić information content (AvgIpc) is 2.55. The molecule has 0 bridgehead atoms. The molecule has 0 saturated heterocycles. The Bertz CT molecular complexity index is 769. The fourth-order valence-corrected chi connectivity index (χ4v) is 2.27. The molecule has 6 heteroatoms. The Kier molecular flexibility index (Phi) is 5.61. The van der Waals surface area contributed by atoms with Crippen molar-refractivity contribution in [3.05, 3.63) is 65.2 Å². The summed E-state index contributed by atoms with van der Waals surface area (Å²) in [5, 5.41) is 14.4. The summed E-state index contributed by atoms with van der Waals surface area (Å²) in [5.41, 5.74) is 1.35. The van der Waals surface area contributed by atoms with Gasteiger partial charge in [0.1, 0.15) is 11.6 Å². The van der Waals surface area contributed by atoms with Crippen LogP contribution in [0.25, 0.3) is 0 Å². The van der Waals surface area contributed by atoms with Gasteiger partial charge in [-0.25, -0.2) is 8.78 Å². The molecule has 2 N–H and O–H groups in total. The van der Waals surface area contributed by atoms with Crippen LogP contribution in [0.15, 0.2) is 42.5 Å². The predicted octanol–water partition coefficient (Wildman–Crippen LogP) is 3.51. The molecule has 0 aliphatic carbocycles. The Balaban J connectivity index is 1.98. The fourth-order valence-electron chi connectivity index (χ4n) is 2.27. The summed E-state index contributed by atoms with van der Waals surface area (Å²) in [6.45, 7) is 3.35. The highest BCUT2D eigenvalue weighted by Gasteiger charge is 2.18. The Morgan fingerprint density at radius 3 is 2.38 bits per heavy atom. The zero-order valence-corrected chi connectivity index (χ0v) is 13.3. The molecule has 0 saturated carbocycles. The topological polar surface area (TPSA) is 64.9 Å². The maximum atomic E-state index is 13.8. The Labute approximate surface area is 139 Å². The van der Waals surface area contributed by atoms with Gasteiger partial charge in [0.2, 0.25) is 5.91 Å². The van der Waals surface area contributed by atoms with Crippen molar-refractivity contribution in [2.75, 3.05) is 5.32 Å². The maximum absolute atomic E-state index is 13.8. The summed E-state index contributed by atoms with van der Waals surface area (Å²) in [7, 11) is 0. The highest BCUT2D eigenvalue weighted by Crippen LogP contribution is 2.18. The first-order chi connectivity index (χ1) is 11.4. The maximum Gasteiger partial charge on any atom is 0.241 e.